The molecule has 0 aromatic rings. The van der Waals surface area contributed by atoms with Crippen LogP contribution in [0.15, 0.2) is 28.6 Å². The molecule has 0 aromatic heterocycles. The van der Waals surface area contributed by atoms with Crippen molar-refractivity contribution in [1.29, 1.82) is 0 Å². The van der Waals surface area contributed by atoms with Crippen molar-refractivity contribution in [3.8, 4) is 24.7 Å². The molecule has 1 rings (SSSR count). The van der Waals surface area contributed by atoms with Crippen LogP contribution in [0.25, 0.3) is 0 Å². The minimum atomic E-state index is -1.41. The predicted molar refractivity (Wildman–Crippen MR) is 114 cm³/mol. The van der Waals surface area contributed by atoms with Gasteiger partial charge in [0.05, 0.1) is 12.0 Å². The van der Waals surface area contributed by atoms with Gasteiger partial charge in [0.1, 0.15) is 5.84 Å². The fourth-order valence-electron chi connectivity index (χ4n) is 2.85. The van der Waals surface area contributed by atoms with Crippen molar-refractivity contribution in [2.24, 2.45) is 16.1 Å². The molecule has 3 unspecified atom stereocenters. The molecule has 1 heterocycles. The topological polar surface area (TPSA) is 88.7 Å². The summed E-state index contributed by atoms with van der Waals surface area (Å²) < 4.78 is 5.68. The number of ether oxygens (including phenoxy) is 1. The first-order chi connectivity index (χ1) is 13.1. The summed E-state index contributed by atoms with van der Waals surface area (Å²) in [6, 6.07) is 0.0126. The Labute approximate surface area is 169 Å². The number of aliphatic imine (C=N–C) groups is 1. The molecule has 0 saturated carbocycles. The maximum absolute atomic E-state index is 12.9. The molecule has 0 spiro atoms. The monoisotopic (exact) mass is 384 g/mol. The molecule has 152 valence electrons. The summed E-state index contributed by atoms with van der Waals surface area (Å²) in [5.74, 6) is 4.76. The lowest BCUT2D eigenvalue weighted by Crippen LogP contribution is -2.53. The van der Waals surface area contributed by atoms with Crippen LogP contribution in [0.1, 0.15) is 47.5 Å². The average molecular weight is 385 g/mol. The van der Waals surface area contributed by atoms with E-state index in [0.717, 1.165) is 25.0 Å². The molecule has 1 aliphatic rings. The van der Waals surface area contributed by atoms with Gasteiger partial charge in [-0.15, -0.1) is 12.8 Å². The third-order valence-electron chi connectivity index (χ3n) is 4.76. The number of carbonyl (C=O) groups is 1. The van der Waals surface area contributed by atoms with Gasteiger partial charge in [-0.1, -0.05) is 17.9 Å². The van der Waals surface area contributed by atoms with E-state index >= 15 is 0 Å². The van der Waals surface area contributed by atoms with Gasteiger partial charge in [-0.3, -0.25) is 4.79 Å². The first kappa shape index (κ1) is 23.3. The molecule has 6 heteroatoms. The Morgan fingerprint density at radius 3 is 2.50 bits per heavy atom. The Morgan fingerprint density at radius 1 is 1.36 bits per heavy atom. The summed E-state index contributed by atoms with van der Waals surface area (Å²) in [5.41, 5.74) is 4.94. The van der Waals surface area contributed by atoms with Crippen molar-refractivity contribution in [1.82, 2.24) is 10.6 Å². The lowest BCUT2D eigenvalue weighted by molar-refractivity contribution is -0.125. The van der Waals surface area contributed by atoms with E-state index in [1.165, 1.54) is 6.26 Å². The van der Waals surface area contributed by atoms with E-state index in [-0.39, 0.29) is 17.8 Å². The molecule has 28 heavy (non-hydrogen) atoms. The van der Waals surface area contributed by atoms with Crippen LogP contribution < -0.4 is 16.4 Å². The van der Waals surface area contributed by atoms with Gasteiger partial charge in [0.15, 0.2) is 5.41 Å². The highest BCUT2D eigenvalue weighted by Gasteiger charge is 2.39. The van der Waals surface area contributed by atoms with Crippen LogP contribution in [0.5, 0.6) is 0 Å². The molecule has 0 aliphatic carbocycles. The summed E-state index contributed by atoms with van der Waals surface area (Å²) >= 11 is 0. The molecule has 4 N–H and O–H groups in total. The largest absolute Gasteiger partial charge is 0.477 e. The number of rotatable bonds is 7. The van der Waals surface area contributed by atoms with E-state index in [2.05, 4.69) is 27.5 Å². The average Bonchev–Trinajstić information content (AvgIpc) is 2.69. The van der Waals surface area contributed by atoms with E-state index in [9.17, 15) is 4.79 Å². The summed E-state index contributed by atoms with van der Waals surface area (Å²) in [5, 5.41) is 6.23. The van der Waals surface area contributed by atoms with Crippen LogP contribution in [0.2, 0.25) is 0 Å². The number of nitrogens with two attached hydrogens (primary N) is 1. The molecule has 0 aromatic carbocycles. The Bertz CT molecular complexity index is 743. The Hall–Kier alpha value is -2.70. The number of hydrogen-bond acceptors (Lipinski definition) is 4. The van der Waals surface area contributed by atoms with Crippen molar-refractivity contribution in [3.63, 3.8) is 0 Å². The number of terminal acetylenes is 2. The van der Waals surface area contributed by atoms with Crippen molar-refractivity contribution in [3.05, 3.63) is 23.6 Å². The summed E-state index contributed by atoms with van der Waals surface area (Å²) in [6.45, 7) is 10.5. The number of carbonyl (C=O) groups excluding carboxylic acids is 1. The number of amides is 1. The lowest BCUT2D eigenvalue weighted by atomic mass is 9.88. The molecule has 3 atom stereocenters. The lowest BCUT2D eigenvalue weighted by Gasteiger charge is -2.30. The maximum atomic E-state index is 12.9. The molecule has 1 saturated heterocycles. The SMILES string of the molecule is C#CC(C)(O/C=C\C)C(/N=C(/N)C(C)(C#C)C(=O)NC1CCCNC1)=C(C)C. The van der Waals surface area contributed by atoms with Gasteiger partial charge in [0.25, 0.3) is 0 Å². The Kier molecular flexibility index (Phi) is 8.35. The van der Waals surface area contributed by atoms with Gasteiger partial charge in [-0.05, 0) is 59.6 Å². The number of nitrogens with zero attached hydrogens (tertiary/aromatic N) is 1. The van der Waals surface area contributed by atoms with Gasteiger partial charge in [0.2, 0.25) is 11.5 Å². The van der Waals surface area contributed by atoms with E-state index < -0.39 is 11.0 Å². The highest BCUT2D eigenvalue weighted by molar-refractivity contribution is 6.10. The van der Waals surface area contributed by atoms with Crippen LogP contribution in [0.4, 0.5) is 0 Å². The summed E-state index contributed by atoms with van der Waals surface area (Å²) in [7, 11) is 0. The first-order valence-electron chi connectivity index (χ1n) is 9.43. The zero-order chi connectivity index (χ0) is 21.4. The van der Waals surface area contributed by atoms with E-state index in [1.807, 2.05) is 20.8 Å². The van der Waals surface area contributed by atoms with E-state index in [1.54, 1.807) is 19.9 Å². The fourth-order valence-corrected chi connectivity index (χ4v) is 2.85. The Morgan fingerprint density at radius 2 is 2.04 bits per heavy atom. The minimum Gasteiger partial charge on any atom is -0.477 e. The van der Waals surface area contributed by atoms with Gasteiger partial charge in [-0.2, -0.15) is 0 Å². The standard InChI is InChI=1S/C22H32N4O2/c1-8-14-28-22(7,10-3)18(16(4)5)26-19(23)21(6,9-2)20(27)25-17-12-11-13-24-15-17/h2-3,8,14,17,24H,11-13,15H2,1,4-7H3,(H2,23,26)(H,25,27)/b14-8-. The second-order valence-corrected chi connectivity index (χ2v) is 7.40. The highest BCUT2D eigenvalue weighted by atomic mass is 16.5. The molecule has 6 nitrogen and oxygen atoms in total. The van der Waals surface area contributed by atoms with Gasteiger partial charge in [-0.25, -0.2) is 4.99 Å². The predicted octanol–water partition coefficient (Wildman–Crippen LogP) is 2.09. The van der Waals surface area contributed by atoms with E-state index in [0.29, 0.717) is 12.2 Å². The van der Waals surface area contributed by atoms with Gasteiger partial charge < -0.3 is 21.1 Å². The third-order valence-corrected chi connectivity index (χ3v) is 4.76. The van der Waals surface area contributed by atoms with E-state index in [4.69, 9.17) is 23.3 Å². The smallest absolute Gasteiger partial charge is 0.245 e. The third kappa shape index (κ3) is 5.41. The van der Waals surface area contributed by atoms with Crippen LogP contribution in [-0.4, -0.2) is 36.5 Å². The number of amidine groups is 1. The number of nitrogens with one attached hydrogen (secondary N) is 2. The molecular formula is C22H32N4O2. The summed E-state index contributed by atoms with van der Waals surface area (Å²) in [4.78, 5) is 17.4. The summed E-state index contributed by atoms with van der Waals surface area (Å²) in [6.07, 6.45) is 16.5. The van der Waals surface area contributed by atoms with Crippen molar-refractivity contribution in [2.75, 3.05) is 13.1 Å². The zero-order valence-corrected chi connectivity index (χ0v) is 17.6. The molecular weight excluding hydrogens is 352 g/mol. The van der Waals surface area contributed by atoms with Crippen LogP contribution in [0.3, 0.4) is 0 Å². The molecule has 1 fully saturated rings. The normalized spacial score (nSPS) is 21.5. The second-order valence-electron chi connectivity index (χ2n) is 7.40. The van der Waals surface area contributed by atoms with Crippen molar-refractivity contribution < 1.29 is 9.53 Å². The number of hydrogen-bond donors (Lipinski definition) is 3. The quantitative estimate of drug-likeness (QED) is 0.271. The molecule has 1 aliphatic heterocycles. The fraction of sp³-hybridized carbons (Fsp3) is 0.545. The maximum Gasteiger partial charge on any atom is 0.245 e. The van der Waals surface area contributed by atoms with Crippen LogP contribution in [-0.2, 0) is 9.53 Å². The van der Waals surface area contributed by atoms with Gasteiger partial charge in [0, 0.05) is 12.6 Å². The van der Waals surface area contributed by atoms with Crippen molar-refractivity contribution in [2.45, 2.75) is 59.1 Å². The molecule has 0 bridgehead atoms. The first-order valence-corrected chi connectivity index (χ1v) is 9.43. The number of piperidine rings is 1. The van der Waals surface area contributed by atoms with Crippen LogP contribution in [0, 0.1) is 30.1 Å². The molecule has 0 radical (unpaired) electrons. The minimum absolute atomic E-state index is 0.00183. The number of allylic oxidation sites excluding steroid dienone is 2. The second kappa shape index (κ2) is 10.0. The zero-order valence-electron chi connectivity index (χ0n) is 17.6. The van der Waals surface area contributed by atoms with Crippen molar-refractivity contribution >= 4 is 11.7 Å². The van der Waals surface area contributed by atoms with Crippen LogP contribution >= 0.6 is 0 Å². The van der Waals surface area contributed by atoms with Gasteiger partial charge >= 0.3 is 0 Å². The Balaban J connectivity index is 3.23. The highest BCUT2D eigenvalue weighted by Crippen LogP contribution is 2.28. The molecule has 1 amide bonds.